The second-order valence-corrected chi connectivity index (χ2v) is 9.35. The van der Waals surface area contributed by atoms with E-state index in [4.69, 9.17) is 9.72 Å². The number of carbonyl (C=O) groups is 1. The Hall–Kier alpha value is -3.37. The lowest BCUT2D eigenvalue weighted by atomic mass is 9.87. The molecule has 0 amide bonds. The molecular weight excluding hydrogens is 436 g/mol. The lowest BCUT2D eigenvalue weighted by molar-refractivity contribution is -0.143. The zero-order valence-electron chi connectivity index (χ0n) is 19.6. The van der Waals surface area contributed by atoms with Crippen LogP contribution in [0.4, 0.5) is 0 Å². The van der Waals surface area contributed by atoms with E-state index in [1.165, 1.54) is 12.8 Å². The fourth-order valence-electron chi connectivity index (χ4n) is 4.60. The van der Waals surface area contributed by atoms with Crippen molar-refractivity contribution in [3.63, 3.8) is 0 Å². The van der Waals surface area contributed by atoms with E-state index in [9.17, 15) is 9.90 Å². The highest BCUT2D eigenvalue weighted by atomic mass is 16.5. The Morgan fingerprint density at radius 2 is 2.03 bits per heavy atom. The normalized spacial score (nSPS) is 20.4. The van der Waals surface area contributed by atoms with Crippen molar-refractivity contribution in [3.05, 3.63) is 29.3 Å². The third kappa shape index (κ3) is 4.78. The average Bonchev–Trinajstić information content (AvgIpc) is 3.44. The summed E-state index contributed by atoms with van der Waals surface area (Å²) in [7, 11) is 1.86. The molecule has 2 atom stereocenters. The van der Waals surface area contributed by atoms with Gasteiger partial charge in [0.25, 0.3) is 0 Å². The minimum absolute atomic E-state index is 0.107. The van der Waals surface area contributed by atoms with Crippen molar-refractivity contribution in [3.8, 4) is 17.1 Å². The van der Waals surface area contributed by atoms with Crippen molar-refractivity contribution in [1.29, 1.82) is 0 Å². The molecule has 11 nitrogen and oxygen atoms in total. The van der Waals surface area contributed by atoms with Crippen LogP contribution in [0.1, 0.15) is 62.7 Å². The van der Waals surface area contributed by atoms with Crippen molar-refractivity contribution < 1.29 is 14.6 Å². The highest BCUT2D eigenvalue weighted by molar-refractivity contribution is 5.70. The van der Waals surface area contributed by atoms with Gasteiger partial charge in [0, 0.05) is 13.5 Å². The molecule has 2 aliphatic rings. The van der Waals surface area contributed by atoms with Gasteiger partial charge in [-0.3, -0.25) is 4.79 Å². The average molecular weight is 467 g/mol. The summed E-state index contributed by atoms with van der Waals surface area (Å²) in [6, 6.07) is 3.81. The van der Waals surface area contributed by atoms with Crippen LogP contribution >= 0.6 is 0 Å². The molecular formula is C23H30N8O3. The molecule has 0 bridgehead atoms. The minimum atomic E-state index is -0.740. The van der Waals surface area contributed by atoms with Crippen LogP contribution in [0.25, 0.3) is 11.4 Å². The van der Waals surface area contributed by atoms with Gasteiger partial charge in [-0.1, -0.05) is 12.1 Å². The van der Waals surface area contributed by atoms with Crippen LogP contribution in [0.5, 0.6) is 5.75 Å². The number of aromatic nitrogens is 8. The zero-order chi connectivity index (χ0) is 23.7. The van der Waals surface area contributed by atoms with Gasteiger partial charge in [0.1, 0.15) is 11.4 Å². The summed E-state index contributed by atoms with van der Waals surface area (Å²) in [5, 5.41) is 30.2. The molecule has 0 unspecified atom stereocenters. The molecule has 1 N–H and O–H groups in total. The number of aryl methyl sites for hydroxylation is 2. The van der Waals surface area contributed by atoms with Crippen LogP contribution in [0, 0.1) is 11.8 Å². The van der Waals surface area contributed by atoms with Gasteiger partial charge < -0.3 is 9.84 Å². The van der Waals surface area contributed by atoms with Crippen LogP contribution in [0.3, 0.4) is 0 Å². The maximum absolute atomic E-state index is 11.4. The van der Waals surface area contributed by atoms with Gasteiger partial charge in [0.15, 0.2) is 5.82 Å². The van der Waals surface area contributed by atoms with Crippen molar-refractivity contribution in [1.82, 2.24) is 40.2 Å². The summed E-state index contributed by atoms with van der Waals surface area (Å²) in [4.78, 5) is 16.3. The van der Waals surface area contributed by atoms with Crippen LogP contribution in [0.15, 0.2) is 12.1 Å². The van der Waals surface area contributed by atoms with E-state index in [2.05, 4.69) is 25.8 Å². The number of hydrogen-bond donors (Lipinski definition) is 1. The fraction of sp³-hybridized carbons (Fsp3) is 0.609. The Balaban J connectivity index is 1.36. The maximum Gasteiger partial charge on any atom is 0.306 e. The Morgan fingerprint density at radius 3 is 2.79 bits per heavy atom. The first-order valence-electron chi connectivity index (χ1n) is 12.0. The summed E-state index contributed by atoms with van der Waals surface area (Å²) in [5.41, 5.74) is 3.11. The molecule has 11 heteroatoms. The monoisotopic (exact) mass is 466 g/mol. The first-order valence-corrected chi connectivity index (χ1v) is 12.0. The first-order chi connectivity index (χ1) is 16.5. The predicted molar refractivity (Wildman–Crippen MR) is 121 cm³/mol. The summed E-state index contributed by atoms with van der Waals surface area (Å²) in [6.45, 7) is 2.50. The molecule has 0 saturated heterocycles. The van der Waals surface area contributed by atoms with E-state index < -0.39 is 5.97 Å². The molecule has 3 heterocycles. The standard InChI is InChI=1S/C23H30N8O3/c1-3-17-20(34-16-6-4-5-15(12-16)23(32)33)10-9-18(24-17)22-19(30(2)28-26-22)13-31-21(25-27-29-31)11-14-7-8-14/h9-10,14-16H,3-8,11-13H2,1-2H3,(H,32,33)/t15-,16-/m0/s1. The molecule has 0 aromatic carbocycles. The molecule has 3 aromatic rings. The number of hydrogen-bond acceptors (Lipinski definition) is 8. The molecule has 0 spiro atoms. The van der Waals surface area contributed by atoms with E-state index in [0.717, 1.165) is 42.2 Å². The smallest absolute Gasteiger partial charge is 0.306 e. The molecule has 0 radical (unpaired) electrons. The van der Waals surface area contributed by atoms with Gasteiger partial charge in [-0.15, -0.1) is 10.2 Å². The number of tetrazole rings is 1. The topological polar surface area (TPSA) is 134 Å². The van der Waals surface area contributed by atoms with Crippen LogP contribution in [-0.2, 0) is 31.2 Å². The molecule has 2 aliphatic carbocycles. The van der Waals surface area contributed by atoms with Crippen LogP contribution < -0.4 is 4.74 Å². The SMILES string of the molecule is CCc1nc(-c2nnn(C)c2Cn2nnnc2CC2CC2)ccc1O[C@H]1CCC[C@H](C(=O)O)C1. The molecule has 5 rings (SSSR count). The largest absolute Gasteiger partial charge is 0.488 e. The quantitative estimate of drug-likeness (QED) is 0.504. The summed E-state index contributed by atoms with van der Waals surface area (Å²) in [5.74, 6) is 1.20. The number of carboxylic acids is 1. The van der Waals surface area contributed by atoms with E-state index in [0.29, 0.717) is 43.2 Å². The molecule has 3 aromatic heterocycles. The summed E-state index contributed by atoms with van der Waals surface area (Å²) < 4.78 is 9.79. The van der Waals surface area contributed by atoms with E-state index >= 15 is 0 Å². The number of ether oxygens (including phenoxy) is 1. The van der Waals surface area contributed by atoms with Gasteiger partial charge in [0.2, 0.25) is 0 Å². The van der Waals surface area contributed by atoms with E-state index in [-0.39, 0.29) is 12.0 Å². The molecule has 2 fully saturated rings. The number of carboxylic acid groups (broad SMARTS) is 1. The van der Waals surface area contributed by atoms with Gasteiger partial charge in [0.05, 0.1) is 35.6 Å². The highest BCUT2D eigenvalue weighted by Crippen LogP contribution is 2.33. The summed E-state index contributed by atoms with van der Waals surface area (Å²) in [6.07, 6.45) is 6.91. The summed E-state index contributed by atoms with van der Waals surface area (Å²) >= 11 is 0. The third-order valence-electron chi connectivity index (χ3n) is 6.80. The van der Waals surface area contributed by atoms with Crippen LogP contribution in [-0.4, -0.2) is 57.4 Å². The van der Waals surface area contributed by atoms with Crippen molar-refractivity contribution >= 4 is 5.97 Å². The molecule has 0 aliphatic heterocycles. The second-order valence-electron chi connectivity index (χ2n) is 9.35. The Bertz CT molecular complexity index is 1170. The number of rotatable bonds is 9. The Kier molecular flexibility index (Phi) is 6.25. The van der Waals surface area contributed by atoms with E-state index in [1.54, 1.807) is 4.68 Å². The molecule has 180 valence electrons. The second kappa shape index (κ2) is 9.47. The Morgan fingerprint density at radius 1 is 1.18 bits per heavy atom. The Labute approximate surface area is 197 Å². The number of aliphatic carboxylic acids is 1. The number of nitrogens with zero attached hydrogens (tertiary/aromatic N) is 8. The van der Waals surface area contributed by atoms with Gasteiger partial charge in [-0.25, -0.2) is 14.3 Å². The number of pyridine rings is 1. The highest BCUT2D eigenvalue weighted by Gasteiger charge is 2.29. The van der Waals surface area contributed by atoms with Gasteiger partial charge in [-0.05, 0) is 73.4 Å². The van der Waals surface area contributed by atoms with E-state index in [1.807, 2.05) is 30.8 Å². The maximum atomic E-state index is 11.4. The van der Waals surface area contributed by atoms with Gasteiger partial charge in [-0.2, -0.15) is 0 Å². The van der Waals surface area contributed by atoms with Crippen LogP contribution in [0.2, 0.25) is 0 Å². The predicted octanol–water partition coefficient (Wildman–Crippen LogP) is 2.45. The fourth-order valence-corrected chi connectivity index (χ4v) is 4.60. The van der Waals surface area contributed by atoms with Crippen molar-refractivity contribution in [2.45, 2.75) is 70.9 Å². The first kappa shape index (κ1) is 22.4. The third-order valence-corrected chi connectivity index (χ3v) is 6.80. The van der Waals surface area contributed by atoms with Crippen molar-refractivity contribution in [2.75, 3.05) is 0 Å². The zero-order valence-corrected chi connectivity index (χ0v) is 19.6. The molecule has 34 heavy (non-hydrogen) atoms. The lowest BCUT2D eigenvalue weighted by Gasteiger charge is -2.28. The van der Waals surface area contributed by atoms with Crippen molar-refractivity contribution in [2.24, 2.45) is 18.9 Å². The lowest BCUT2D eigenvalue weighted by Crippen LogP contribution is -2.29. The molecule has 2 saturated carbocycles. The van der Waals surface area contributed by atoms with Gasteiger partial charge >= 0.3 is 5.97 Å². The minimum Gasteiger partial charge on any atom is -0.488 e.